The van der Waals surface area contributed by atoms with E-state index in [0.29, 0.717) is 78.2 Å². The Balaban J connectivity index is 1.24. The first-order valence-corrected chi connectivity index (χ1v) is 15.2. The van der Waals surface area contributed by atoms with Gasteiger partial charge in [-0.1, -0.05) is 24.3 Å². The van der Waals surface area contributed by atoms with Gasteiger partial charge in [-0.15, -0.1) is 0 Å². The number of rotatable bonds is 10. The van der Waals surface area contributed by atoms with Crippen molar-refractivity contribution in [3.05, 3.63) is 83.9 Å². The number of benzene rings is 4. The van der Waals surface area contributed by atoms with E-state index in [1.165, 1.54) is 0 Å². The molecule has 0 aliphatic carbocycles. The van der Waals surface area contributed by atoms with E-state index >= 15 is 0 Å². The first-order chi connectivity index (χ1) is 22.8. The van der Waals surface area contributed by atoms with Crippen LogP contribution < -0.4 is 28.4 Å². The van der Waals surface area contributed by atoms with E-state index in [2.05, 4.69) is 0 Å². The van der Waals surface area contributed by atoms with E-state index in [4.69, 9.17) is 28.4 Å². The summed E-state index contributed by atoms with van der Waals surface area (Å²) < 4.78 is 32.8. The number of hydrogen-bond acceptors (Lipinski definition) is 8. The van der Waals surface area contributed by atoms with Gasteiger partial charge in [0.25, 0.3) is 11.8 Å². The molecular formula is C37H40N2O8. The van der Waals surface area contributed by atoms with Gasteiger partial charge in [-0.05, 0) is 77.2 Å². The zero-order valence-corrected chi connectivity index (χ0v) is 27.6. The highest BCUT2D eigenvalue weighted by Crippen LogP contribution is 2.42. The number of carbonyl (C=O) groups excluding carboxylic acids is 2. The van der Waals surface area contributed by atoms with Crippen molar-refractivity contribution in [3.63, 3.8) is 0 Å². The first-order valence-electron chi connectivity index (χ1n) is 15.2. The summed E-state index contributed by atoms with van der Waals surface area (Å²) in [5.74, 6) is 3.13. The minimum absolute atomic E-state index is 0.0644. The molecule has 0 atom stereocenters. The highest BCUT2D eigenvalue weighted by atomic mass is 16.5. The minimum atomic E-state index is -0.0644. The maximum atomic E-state index is 13.5. The molecular weight excluding hydrogens is 600 g/mol. The second-order valence-electron chi connectivity index (χ2n) is 10.9. The van der Waals surface area contributed by atoms with E-state index in [0.717, 1.165) is 22.3 Å². The minimum Gasteiger partial charge on any atom is -0.493 e. The maximum absolute atomic E-state index is 13.5. The van der Waals surface area contributed by atoms with Crippen LogP contribution in [0.15, 0.2) is 72.8 Å². The van der Waals surface area contributed by atoms with Gasteiger partial charge in [0.05, 0.1) is 42.7 Å². The van der Waals surface area contributed by atoms with Gasteiger partial charge in [0, 0.05) is 37.3 Å². The molecule has 1 aliphatic rings. The van der Waals surface area contributed by atoms with E-state index in [9.17, 15) is 9.59 Å². The molecule has 1 saturated heterocycles. The molecule has 246 valence electrons. The largest absolute Gasteiger partial charge is 0.493 e. The summed E-state index contributed by atoms with van der Waals surface area (Å²) in [5, 5.41) is 0. The standard InChI is InChI=1S/C37H40N2O8/c1-42-30-20-28(21-31(43-2)34(30)46-5)24-8-12-26(13-9-24)36(40)38-16-7-17-39(19-18-38)37(41)27-14-10-25(11-15-27)29-22-32(44-3)35(47-6)33(23-29)45-4/h8-15,20-23H,7,16-19H2,1-6H3. The average Bonchev–Trinajstić information content (AvgIpc) is 3.39. The molecule has 0 saturated carbocycles. The van der Waals surface area contributed by atoms with Crippen molar-refractivity contribution in [1.29, 1.82) is 0 Å². The number of methoxy groups -OCH3 is 6. The SMILES string of the molecule is COc1cc(-c2ccc(C(=O)N3CCCN(C(=O)c4ccc(-c5cc(OC)c(OC)c(OC)c5)cc4)CC3)cc2)cc(OC)c1OC. The van der Waals surface area contributed by atoms with Gasteiger partial charge in [-0.3, -0.25) is 9.59 Å². The van der Waals surface area contributed by atoms with Crippen LogP contribution in [-0.2, 0) is 0 Å². The summed E-state index contributed by atoms with van der Waals surface area (Å²) in [7, 11) is 9.44. The topological polar surface area (TPSA) is 96.0 Å². The molecule has 10 nitrogen and oxygen atoms in total. The maximum Gasteiger partial charge on any atom is 0.253 e. The van der Waals surface area contributed by atoms with Crippen molar-refractivity contribution in [2.45, 2.75) is 6.42 Å². The number of amides is 2. The van der Waals surface area contributed by atoms with E-state index in [1.54, 1.807) is 42.7 Å². The van der Waals surface area contributed by atoms with Gasteiger partial charge in [-0.2, -0.15) is 0 Å². The van der Waals surface area contributed by atoms with Crippen LogP contribution in [0.5, 0.6) is 34.5 Å². The van der Waals surface area contributed by atoms with Crippen molar-refractivity contribution in [1.82, 2.24) is 9.80 Å². The molecule has 0 radical (unpaired) electrons. The van der Waals surface area contributed by atoms with E-state index in [1.807, 2.05) is 82.6 Å². The Morgan fingerprint density at radius 2 is 0.766 bits per heavy atom. The molecule has 0 unspecified atom stereocenters. The summed E-state index contributed by atoms with van der Waals surface area (Å²) in [6.07, 6.45) is 0.685. The van der Waals surface area contributed by atoms with Crippen LogP contribution >= 0.6 is 0 Å². The lowest BCUT2D eigenvalue weighted by Gasteiger charge is -2.22. The van der Waals surface area contributed by atoms with E-state index < -0.39 is 0 Å². The Morgan fingerprint density at radius 3 is 1.04 bits per heavy atom. The smallest absolute Gasteiger partial charge is 0.253 e. The first kappa shape index (κ1) is 33.0. The Morgan fingerprint density at radius 1 is 0.447 bits per heavy atom. The van der Waals surface area contributed by atoms with Crippen LogP contribution in [-0.4, -0.2) is 90.5 Å². The lowest BCUT2D eigenvalue weighted by atomic mass is 10.0. The molecule has 1 heterocycles. The van der Waals surface area contributed by atoms with Gasteiger partial charge < -0.3 is 38.2 Å². The van der Waals surface area contributed by atoms with Crippen molar-refractivity contribution in [2.75, 3.05) is 68.8 Å². The van der Waals surface area contributed by atoms with Crippen LogP contribution in [0.25, 0.3) is 22.3 Å². The molecule has 5 rings (SSSR count). The molecule has 4 aromatic carbocycles. The Hall–Kier alpha value is -5.38. The quantitative estimate of drug-likeness (QED) is 0.207. The van der Waals surface area contributed by atoms with Gasteiger partial charge in [-0.25, -0.2) is 0 Å². The third-order valence-electron chi connectivity index (χ3n) is 8.33. The van der Waals surface area contributed by atoms with Crippen molar-refractivity contribution in [2.24, 2.45) is 0 Å². The second kappa shape index (κ2) is 14.8. The highest BCUT2D eigenvalue weighted by Gasteiger charge is 2.24. The third kappa shape index (κ3) is 6.91. The summed E-state index contributed by atoms with van der Waals surface area (Å²) >= 11 is 0. The summed E-state index contributed by atoms with van der Waals surface area (Å²) in [4.78, 5) is 30.6. The molecule has 4 aromatic rings. The number of nitrogens with zero attached hydrogens (tertiary/aromatic N) is 2. The highest BCUT2D eigenvalue weighted by molar-refractivity contribution is 5.96. The van der Waals surface area contributed by atoms with Crippen LogP contribution in [0.2, 0.25) is 0 Å². The predicted molar refractivity (Wildman–Crippen MR) is 179 cm³/mol. The summed E-state index contributed by atoms with van der Waals surface area (Å²) in [5.41, 5.74) is 4.74. The van der Waals surface area contributed by atoms with E-state index in [-0.39, 0.29) is 11.8 Å². The average molecular weight is 641 g/mol. The normalized spacial score (nSPS) is 13.0. The number of carbonyl (C=O) groups is 2. The van der Waals surface area contributed by atoms with Crippen molar-refractivity contribution < 1.29 is 38.0 Å². The molecule has 1 fully saturated rings. The fourth-order valence-electron chi connectivity index (χ4n) is 5.79. The zero-order chi connectivity index (χ0) is 33.5. The van der Waals surface area contributed by atoms with Crippen LogP contribution in [0.3, 0.4) is 0 Å². The van der Waals surface area contributed by atoms with Crippen LogP contribution in [0.1, 0.15) is 27.1 Å². The Labute approximate surface area is 275 Å². The Bertz CT molecular complexity index is 1540. The molecule has 0 N–H and O–H groups in total. The number of hydrogen-bond donors (Lipinski definition) is 0. The molecule has 0 spiro atoms. The van der Waals surface area contributed by atoms with Gasteiger partial charge in [0.2, 0.25) is 11.5 Å². The monoisotopic (exact) mass is 640 g/mol. The molecule has 0 bridgehead atoms. The Kier molecular flexibility index (Phi) is 10.4. The lowest BCUT2D eigenvalue weighted by Crippen LogP contribution is -2.37. The molecule has 2 amide bonds. The number of ether oxygens (including phenoxy) is 6. The summed E-state index contributed by atoms with van der Waals surface area (Å²) in [6.45, 7) is 2.03. The van der Waals surface area contributed by atoms with Crippen molar-refractivity contribution >= 4 is 11.8 Å². The molecule has 10 heteroatoms. The zero-order valence-electron chi connectivity index (χ0n) is 27.6. The molecule has 47 heavy (non-hydrogen) atoms. The predicted octanol–water partition coefficient (Wildman–Crippen LogP) is 6.06. The van der Waals surface area contributed by atoms with Crippen LogP contribution in [0, 0.1) is 0 Å². The fourth-order valence-corrected chi connectivity index (χ4v) is 5.79. The fraction of sp³-hybridized carbons (Fsp3) is 0.297. The molecule has 0 aromatic heterocycles. The van der Waals surface area contributed by atoms with Gasteiger partial charge >= 0.3 is 0 Å². The second-order valence-corrected chi connectivity index (χ2v) is 10.9. The lowest BCUT2D eigenvalue weighted by molar-refractivity contribution is 0.0719. The van der Waals surface area contributed by atoms with Crippen LogP contribution in [0.4, 0.5) is 0 Å². The third-order valence-corrected chi connectivity index (χ3v) is 8.33. The van der Waals surface area contributed by atoms with Gasteiger partial charge in [0.1, 0.15) is 0 Å². The van der Waals surface area contributed by atoms with Crippen molar-refractivity contribution in [3.8, 4) is 56.8 Å². The molecule has 1 aliphatic heterocycles. The van der Waals surface area contributed by atoms with Gasteiger partial charge in [0.15, 0.2) is 23.0 Å². The summed E-state index contributed by atoms with van der Waals surface area (Å²) in [6, 6.07) is 22.4.